The second-order valence-corrected chi connectivity index (χ2v) is 7.27. The maximum atomic E-state index is 12.8. The Bertz CT molecular complexity index is 901. The van der Waals surface area contributed by atoms with Gasteiger partial charge in [-0.1, -0.05) is 42.5 Å². The Kier molecular flexibility index (Phi) is 4.74. The van der Waals surface area contributed by atoms with Crippen LogP contribution in [0.2, 0.25) is 0 Å². The minimum Gasteiger partial charge on any atom is -0.342 e. The van der Waals surface area contributed by atoms with Crippen molar-refractivity contribution in [2.75, 3.05) is 13.1 Å². The molecule has 0 radical (unpaired) electrons. The molecule has 1 aliphatic rings. The minimum atomic E-state index is 0.249. The van der Waals surface area contributed by atoms with Crippen molar-refractivity contribution in [1.29, 1.82) is 0 Å². The van der Waals surface area contributed by atoms with Crippen LogP contribution < -0.4 is 0 Å². The highest BCUT2D eigenvalue weighted by atomic mass is 16.2. The molecule has 1 aliphatic heterocycles. The highest BCUT2D eigenvalue weighted by molar-refractivity contribution is 5.90. The lowest BCUT2D eigenvalue weighted by Gasteiger charge is -2.32. The second kappa shape index (κ2) is 7.32. The number of fused-ring (bicyclic) bond motifs is 1. The van der Waals surface area contributed by atoms with E-state index >= 15 is 0 Å². The number of aryl methyl sites for hydroxylation is 1. The van der Waals surface area contributed by atoms with E-state index in [0.29, 0.717) is 12.3 Å². The van der Waals surface area contributed by atoms with Gasteiger partial charge >= 0.3 is 0 Å². The molecule has 0 unspecified atom stereocenters. The van der Waals surface area contributed by atoms with E-state index in [1.165, 1.54) is 10.8 Å². The summed E-state index contributed by atoms with van der Waals surface area (Å²) in [6.45, 7) is 4.78. The van der Waals surface area contributed by atoms with E-state index in [0.717, 1.165) is 43.9 Å². The normalized spacial score (nSPS) is 15.5. The maximum absolute atomic E-state index is 12.8. The molecular formula is C22H25N3O. The van der Waals surface area contributed by atoms with Crippen LogP contribution in [0.1, 0.15) is 24.2 Å². The third kappa shape index (κ3) is 3.50. The number of amides is 1. The Hall–Kier alpha value is -2.62. The molecular weight excluding hydrogens is 322 g/mol. The molecule has 0 bridgehead atoms. The van der Waals surface area contributed by atoms with E-state index in [9.17, 15) is 4.79 Å². The van der Waals surface area contributed by atoms with E-state index in [1.54, 1.807) is 0 Å². The van der Waals surface area contributed by atoms with Crippen LogP contribution in [0.25, 0.3) is 10.8 Å². The van der Waals surface area contributed by atoms with Crippen LogP contribution in [-0.4, -0.2) is 33.4 Å². The average Bonchev–Trinajstić information content (AvgIpc) is 3.07. The zero-order valence-corrected chi connectivity index (χ0v) is 15.3. The molecule has 26 heavy (non-hydrogen) atoms. The van der Waals surface area contributed by atoms with E-state index < -0.39 is 0 Å². The molecule has 4 heteroatoms. The monoisotopic (exact) mass is 347 g/mol. The van der Waals surface area contributed by atoms with Crippen molar-refractivity contribution >= 4 is 16.7 Å². The van der Waals surface area contributed by atoms with Gasteiger partial charge in [0.15, 0.2) is 0 Å². The van der Waals surface area contributed by atoms with E-state index in [1.807, 2.05) is 42.4 Å². The molecule has 134 valence electrons. The largest absolute Gasteiger partial charge is 0.342 e. The first kappa shape index (κ1) is 16.8. The molecule has 2 aromatic carbocycles. The second-order valence-electron chi connectivity index (χ2n) is 7.27. The van der Waals surface area contributed by atoms with E-state index in [2.05, 4.69) is 33.8 Å². The van der Waals surface area contributed by atoms with Crippen molar-refractivity contribution in [3.8, 4) is 0 Å². The third-order valence-electron chi connectivity index (χ3n) is 5.57. The number of piperidine rings is 1. The lowest BCUT2D eigenvalue weighted by molar-refractivity contribution is -0.131. The highest BCUT2D eigenvalue weighted by Gasteiger charge is 2.23. The van der Waals surface area contributed by atoms with Crippen molar-refractivity contribution in [1.82, 2.24) is 14.5 Å². The van der Waals surface area contributed by atoms with Crippen molar-refractivity contribution in [2.45, 2.75) is 32.7 Å². The van der Waals surface area contributed by atoms with Gasteiger partial charge in [-0.05, 0) is 42.0 Å². The van der Waals surface area contributed by atoms with Gasteiger partial charge in [0, 0.05) is 32.0 Å². The van der Waals surface area contributed by atoms with Gasteiger partial charge in [-0.25, -0.2) is 4.98 Å². The average molecular weight is 347 g/mol. The van der Waals surface area contributed by atoms with E-state index in [-0.39, 0.29) is 5.91 Å². The first-order valence-corrected chi connectivity index (χ1v) is 9.43. The third-order valence-corrected chi connectivity index (χ3v) is 5.57. The van der Waals surface area contributed by atoms with Crippen LogP contribution in [-0.2, 0) is 17.8 Å². The molecule has 0 aliphatic carbocycles. The van der Waals surface area contributed by atoms with Crippen molar-refractivity contribution in [3.05, 3.63) is 66.2 Å². The van der Waals surface area contributed by atoms with Gasteiger partial charge in [0.05, 0.1) is 6.42 Å². The molecule has 3 aromatic rings. The quantitative estimate of drug-likeness (QED) is 0.719. The van der Waals surface area contributed by atoms with Gasteiger partial charge < -0.3 is 9.47 Å². The number of likely N-dealkylation sites (tertiary alicyclic amines) is 1. The molecule has 1 saturated heterocycles. The Balaban J connectivity index is 1.37. The standard InChI is InChI=1S/C22H25N3O/c1-17-23-11-14-25(17)16-18-9-12-24(13-10-18)22(26)15-20-7-4-6-19-5-2-3-8-21(19)20/h2-8,11,14,18H,9-10,12-13,15-16H2,1H3. The van der Waals surface area contributed by atoms with Crippen molar-refractivity contribution in [3.63, 3.8) is 0 Å². The summed E-state index contributed by atoms with van der Waals surface area (Å²) >= 11 is 0. The fourth-order valence-corrected chi connectivity index (χ4v) is 3.96. The van der Waals surface area contributed by atoms with Gasteiger partial charge in [0.2, 0.25) is 5.91 Å². The predicted octanol–water partition coefficient (Wildman–Crippen LogP) is 3.83. The smallest absolute Gasteiger partial charge is 0.227 e. The zero-order chi connectivity index (χ0) is 17.9. The molecule has 2 heterocycles. The maximum Gasteiger partial charge on any atom is 0.227 e. The topological polar surface area (TPSA) is 38.1 Å². The number of aromatic nitrogens is 2. The molecule has 0 spiro atoms. The van der Waals surface area contributed by atoms with Crippen LogP contribution in [0, 0.1) is 12.8 Å². The molecule has 1 aromatic heterocycles. The van der Waals surface area contributed by atoms with Gasteiger partial charge in [-0.2, -0.15) is 0 Å². The lowest BCUT2D eigenvalue weighted by Crippen LogP contribution is -2.40. The number of nitrogens with zero attached hydrogens (tertiary/aromatic N) is 3. The summed E-state index contributed by atoms with van der Waals surface area (Å²) < 4.78 is 2.22. The zero-order valence-electron chi connectivity index (χ0n) is 15.3. The molecule has 0 N–H and O–H groups in total. The minimum absolute atomic E-state index is 0.249. The summed E-state index contributed by atoms with van der Waals surface area (Å²) in [7, 11) is 0. The van der Waals surface area contributed by atoms with Crippen molar-refractivity contribution in [2.24, 2.45) is 5.92 Å². The Morgan fingerprint density at radius 2 is 1.88 bits per heavy atom. The summed E-state index contributed by atoms with van der Waals surface area (Å²) in [6, 6.07) is 14.5. The fraction of sp³-hybridized carbons (Fsp3) is 0.364. The molecule has 0 atom stereocenters. The van der Waals surface area contributed by atoms with Crippen LogP contribution in [0.5, 0.6) is 0 Å². The summed E-state index contributed by atoms with van der Waals surface area (Å²) in [4.78, 5) is 19.1. The summed E-state index contributed by atoms with van der Waals surface area (Å²) in [5, 5.41) is 2.39. The van der Waals surface area contributed by atoms with Crippen LogP contribution >= 0.6 is 0 Å². The molecule has 4 nitrogen and oxygen atoms in total. The predicted molar refractivity (Wildman–Crippen MR) is 104 cm³/mol. The number of imidazole rings is 1. The van der Waals surface area contributed by atoms with Gasteiger partial charge in [-0.3, -0.25) is 4.79 Å². The lowest BCUT2D eigenvalue weighted by atomic mass is 9.95. The Labute approximate surface area is 154 Å². The summed E-state index contributed by atoms with van der Waals surface area (Å²) in [5.41, 5.74) is 1.13. The highest BCUT2D eigenvalue weighted by Crippen LogP contribution is 2.23. The van der Waals surface area contributed by atoms with Gasteiger partial charge in [0.25, 0.3) is 0 Å². The van der Waals surface area contributed by atoms with Crippen LogP contribution in [0.3, 0.4) is 0 Å². The number of hydrogen-bond donors (Lipinski definition) is 0. The molecule has 1 amide bonds. The van der Waals surface area contributed by atoms with E-state index in [4.69, 9.17) is 0 Å². The summed E-state index contributed by atoms with van der Waals surface area (Å²) in [6.07, 6.45) is 6.54. The first-order chi connectivity index (χ1) is 12.7. The summed E-state index contributed by atoms with van der Waals surface area (Å²) in [5.74, 6) is 1.95. The molecule has 4 rings (SSSR count). The molecule has 1 fully saturated rings. The Morgan fingerprint density at radius 1 is 1.12 bits per heavy atom. The number of hydrogen-bond acceptors (Lipinski definition) is 2. The number of rotatable bonds is 4. The van der Waals surface area contributed by atoms with Gasteiger partial charge in [0.1, 0.15) is 5.82 Å². The number of benzene rings is 2. The van der Waals surface area contributed by atoms with Gasteiger partial charge in [-0.15, -0.1) is 0 Å². The fourth-order valence-electron chi connectivity index (χ4n) is 3.96. The number of carbonyl (C=O) groups is 1. The van der Waals surface area contributed by atoms with Crippen molar-refractivity contribution < 1.29 is 4.79 Å². The number of carbonyl (C=O) groups excluding carboxylic acids is 1. The SMILES string of the molecule is Cc1nccn1CC1CCN(C(=O)Cc2cccc3ccccc23)CC1. The van der Waals surface area contributed by atoms with Crippen LogP contribution in [0.4, 0.5) is 0 Å². The molecule has 0 saturated carbocycles. The van der Waals surface area contributed by atoms with Crippen LogP contribution in [0.15, 0.2) is 54.9 Å². The first-order valence-electron chi connectivity index (χ1n) is 9.43. The Morgan fingerprint density at radius 3 is 2.65 bits per heavy atom.